The first-order valence-corrected chi connectivity index (χ1v) is 11.5. The minimum Gasteiger partial charge on any atom is -0.497 e. The third-order valence-corrected chi connectivity index (χ3v) is 8.62. The standard InChI is InChI=1S/C25H32N2O6/c1-6-23-10-7-12-27-13-11-24(19(23)27)17-9-8-16(31-4)14-18(17)26(3)20(24)25(30,22(29)32-5)21(23)33-15(2)28/h7-10,14,19-21,30H,6,11-13H2,1-5H3/t19-,20-,21-,23-,24+,25+/m1/s1. The number of carbonyl (C=O) groups is 2. The van der Waals surface area contributed by atoms with Crippen LogP contribution in [0.3, 0.4) is 0 Å². The van der Waals surface area contributed by atoms with Crippen molar-refractivity contribution >= 4 is 17.6 Å². The van der Waals surface area contributed by atoms with Crippen LogP contribution in [-0.2, 0) is 24.5 Å². The maximum Gasteiger partial charge on any atom is 0.344 e. The summed E-state index contributed by atoms with van der Waals surface area (Å²) >= 11 is 0. The molecule has 178 valence electrons. The van der Waals surface area contributed by atoms with Gasteiger partial charge in [0.25, 0.3) is 0 Å². The molecule has 4 aliphatic rings. The van der Waals surface area contributed by atoms with Gasteiger partial charge in [-0.1, -0.05) is 25.1 Å². The van der Waals surface area contributed by atoms with Crippen LogP contribution in [0, 0.1) is 5.41 Å². The van der Waals surface area contributed by atoms with E-state index in [1.165, 1.54) is 14.0 Å². The summed E-state index contributed by atoms with van der Waals surface area (Å²) < 4.78 is 16.6. The predicted molar refractivity (Wildman–Crippen MR) is 121 cm³/mol. The maximum absolute atomic E-state index is 13.5. The van der Waals surface area contributed by atoms with E-state index in [-0.39, 0.29) is 6.04 Å². The quantitative estimate of drug-likeness (QED) is 0.541. The molecule has 8 nitrogen and oxygen atoms in total. The molecule has 1 aromatic carbocycles. The number of benzene rings is 1. The molecule has 0 amide bonds. The van der Waals surface area contributed by atoms with Crippen LogP contribution < -0.4 is 9.64 Å². The van der Waals surface area contributed by atoms with Gasteiger partial charge in [0.05, 0.1) is 20.3 Å². The lowest BCUT2D eigenvalue weighted by molar-refractivity contribution is -0.228. The van der Waals surface area contributed by atoms with Gasteiger partial charge >= 0.3 is 11.9 Å². The molecule has 6 atom stereocenters. The second kappa shape index (κ2) is 7.21. The fourth-order valence-electron chi connectivity index (χ4n) is 7.68. The molecule has 2 fully saturated rings. The number of aliphatic hydroxyl groups is 1. The summed E-state index contributed by atoms with van der Waals surface area (Å²) in [6.07, 6.45) is 4.40. The van der Waals surface area contributed by atoms with Crippen LogP contribution in [0.15, 0.2) is 30.4 Å². The Labute approximate surface area is 194 Å². The highest BCUT2D eigenvalue weighted by molar-refractivity contribution is 5.87. The number of ether oxygens (including phenoxy) is 3. The first kappa shape index (κ1) is 22.2. The summed E-state index contributed by atoms with van der Waals surface area (Å²) in [6.45, 7) is 4.94. The number of carbonyl (C=O) groups excluding carboxylic acids is 2. The van der Waals surface area contributed by atoms with Gasteiger partial charge in [0, 0.05) is 49.1 Å². The Kier molecular flexibility index (Phi) is 4.85. The van der Waals surface area contributed by atoms with E-state index in [9.17, 15) is 14.7 Å². The second-order valence-corrected chi connectivity index (χ2v) is 9.76. The monoisotopic (exact) mass is 456 g/mol. The number of fused-ring (bicyclic) bond motifs is 1. The van der Waals surface area contributed by atoms with Gasteiger partial charge < -0.3 is 24.2 Å². The number of likely N-dealkylation sites (N-methyl/N-ethyl adjacent to an activating group) is 1. The molecule has 8 heteroatoms. The van der Waals surface area contributed by atoms with Crippen molar-refractivity contribution in [3.05, 3.63) is 35.9 Å². The molecule has 1 saturated carbocycles. The van der Waals surface area contributed by atoms with Crippen LogP contribution in [0.25, 0.3) is 0 Å². The number of hydrogen-bond donors (Lipinski definition) is 1. The van der Waals surface area contributed by atoms with Crippen molar-refractivity contribution in [1.82, 2.24) is 4.90 Å². The number of anilines is 1. The van der Waals surface area contributed by atoms with Crippen molar-refractivity contribution in [3.63, 3.8) is 0 Å². The second-order valence-electron chi connectivity index (χ2n) is 9.76. The van der Waals surface area contributed by atoms with Gasteiger partial charge in [-0.25, -0.2) is 4.79 Å². The molecule has 3 heterocycles. The Morgan fingerprint density at radius 1 is 1.24 bits per heavy atom. The molecule has 1 N–H and O–H groups in total. The normalized spacial score (nSPS) is 38.4. The van der Waals surface area contributed by atoms with Gasteiger partial charge in [0.1, 0.15) is 5.75 Å². The van der Waals surface area contributed by atoms with Crippen LogP contribution in [0.1, 0.15) is 32.3 Å². The minimum atomic E-state index is -2.08. The largest absolute Gasteiger partial charge is 0.497 e. The molecule has 0 bridgehead atoms. The minimum absolute atomic E-state index is 0.0589. The molecule has 3 aliphatic heterocycles. The highest BCUT2D eigenvalue weighted by Gasteiger charge is 2.80. The molecule has 33 heavy (non-hydrogen) atoms. The molecule has 5 rings (SSSR count). The highest BCUT2D eigenvalue weighted by Crippen LogP contribution is 2.67. The first-order valence-electron chi connectivity index (χ1n) is 11.5. The number of hydrogen-bond acceptors (Lipinski definition) is 8. The third kappa shape index (κ3) is 2.48. The number of nitrogens with zero attached hydrogens (tertiary/aromatic N) is 2. The third-order valence-electron chi connectivity index (χ3n) is 8.62. The molecule has 1 aromatic rings. The van der Waals surface area contributed by atoms with E-state index in [0.29, 0.717) is 12.2 Å². The summed E-state index contributed by atoms with van der Waals surface area (Å²) in [5.41, 5.74) is -1.41. The summed E-state index contributed by atoms with van der Waals surface area (Å²) in [6, 6.07) is 5.22. The Morgan fingerprint density at radius 2 is 2.00 bits per heavy atom. The Morgan fingerprint density at radius 3 is 2.64 bits per heavy atom. The van der Waals surface area contributed by atoms with Gasteiger partial charge in [-0.2, -0.15) is 0 Å². The van der Waals surface area contributed by atoms with Crippen molar-refractivity contribution in [1.29, 1.82) is 0 Å². The molecule has 1 saturated heterocycles. The molecular weight excluding hydrogens is 424 g/mol. The van der Waals surface area contributed by atoms with Crippen molar-refractivity contribution in [3.8, 4) is 5.75 Å². The number of methoxy groups -OCH3 is 2. The molecule has 1 spiro atoms. The van der Waals surface area contributed by atoms with E-state index >= 15 is 0 Å². The predicted octanol–water partition coefficient (Wildman–Crippen LogP) is 1.64. The Balaban J connectivity index is 1.86. The lowest BCUT2D eigenvalue weighted by Crippen LogP contribution is -2.81. The van der Waals surface area contributed by atoms with Gasteiger partial charge in [-0.05, 0) is 31.0 Å². The van der Waals surface area contributed by atoms with Crippen LogP contribution in [0.5, 0.6) is 5.75 Å². The van der Waals surface area contributed by atoms with Gasteiger partial charge in [0.2, 0.25) is 5.60 Å². The van der Waals surface area contributed by atoms with Crippen molar-refractivity contribution in [2.45, 2.75) is 55.9 Å². The molecule has 0 aromatic heterocycles. The average molecular weight is 457 g/mol. The van der Waals surface area contributed by atoms with Crippen LogP contribution in [-0.4, -0.2) is 80.1 Å². The summed E-state index contributed by atoms with van der Waals surface area (Å²) in [7, 11) is 4.77. The summed E-state index contributed by atoms with van der Waals surface area (Å²) in [5.74, 6) is -0.617. The van der Waals surface area contributed by atoms with Crippen molar-refractivity contribution in [2.24, 2.45) is 5.41 Å². The molecule has 1 aliphatic carbocycles. The van der Waals surface area contributed by atoms with Crippen molar-refractivity contribution in [2.75, 3.05) is 39.3 Å². The first-order chi connectivity index (χ1) is 15.7. The smallest absolute Gasteiger partial charge is 0.344 e. The van der Waals surface area contributed by atoms with Crippen molar-refractivity contribution < 1.29 is 28.9 Å². The van der Waals surface area contributed by atoms with E-state index in [0.717, 1.165) is 30.8 Å². The zero-order valence-corrected chi connectivity index (χ0v) is 19.8. The topological polar surface area (TPSA) is 88.5 Å². The SMILES string of the molecule is CC[C@]12C=CCN3CC[C@]4(c5ccc(OC)cc5N(C)[C@H]4[C@@](O)(C(=O)OC)[C@@H]1OC(C)=O)[C@H]32. The number of esters is 2. The summed E-state index contributed by atoms with van der Waals surface area (Å²) in [5, 5.41) is 12.5. The van der Waals surface area contributed by atoms with Crippen LogP contribution in [0.4, 0.5) is 5.69 Å². The van der Waals surface area contributed by atoms with E-state index in [1.54, 1.807) is 7.11 Å². The highest BCUT2D eigenvalue weighted by atomic mass is 16.6. The molecular formula is C25H32N2O6. The summed E-state index contributed by atoms with van der Waals surface area (Å²) in [4.78, 5) is 30.2. The van der Waals surface area contributed by atoms with Crippen LogP contribution >= 0.6 is 0 Å². The lowest BCUT2D eigenvalue weighted by atomic mass is 9.47. The molecule has 0 radical (unpaired) electrons. The van der Waals surface area contributed by atoms with Crippen LogP contribution in [0.2, 0.25) is 0 Å². The van der Waals surface area contributed by atoms with E-state index < -0.39 is 40.5 Å². The number of rotatable bonds is 4. The maximum atomic E-state index is 13.5. The fourth-order valence-corrected chi connectivity index (χ4v) is 7.68. The van der Waals surface area contributed by atoms with E-state index in [1.807, 2.05) is 31.0 Å². The van der Waals surface area contributed by atoms with Gasteiger partial charge in [0.15, 0.2) is 6.10 Å². The fraction of sp³-hybridized carbons (Fsp3) is 0.600. The molecule has 0 unspecified atom stereocenters. The lowest BCUT2D eigenvalue weighted by Gasteiger charge is -2.63. The van der Waals surface area contributed by atoms with Gasteiger partial charge in [-0.15, -0.1) is 0 Å². The Hall–Kier alpha value is -2.58. The van der Waals surface area contributed by atoms with E-state index in [2.05, 4.69) is 23.1 Å². The van der Waals surface area contributed by atoms with Gasteiger partial charge in [-0.3, -0.25) is 9.69 Å². The Bertz CT molecular complexity index is 1040. The zero-order chi connectivity index (χ0) is 23.8. The zero-order valence-electron chi connectivity index (χ0n) is 19.8. The van der Waals surface area contributed by atoms with E-state index in [4.69, 9.17) is 14.2 Å². The average Bonchev–Trinajstić information content (AvgIpc) is 3.32.